The lowest BCUT2D eigenvalue weighted by molar-refractivity contribution is 0.121. The first-order chi connectivity index (χ1) is 21.3. The van der Waals surface area contributed by atoms with E-state index in [1.54, 1.807) is 73.7 Å². The van der Waals surface area contributed by atoms with Gasteiger partial charge < -0.3 is 9.47 Å². The number of carbonyl (C=O) groups excluding carboxylic acids is 1. The van der Waals surface area contributed by atoms with Gasteiger partial charge in [0.2, 0.25) is 10.0 Å². The van der Waals surface area contributed by atoms with Crippen LogP contribution in [0.5, 0.6) is 5.75 Å². The Hall–Kier alpha value is -4.80. The van der Waals surface area contributed by atoms with Gasteiger partial charge in [-0.25, -0.2) is 18.2 Å². The van der Waals surface area contributed by atoms with E-state index in [1.807, 2.05) is 30.3 Å². The number of benzene rings is 4. The fraction of sp³-hybridized carbons (Fsp3) is 0.229. The van der Waals surface area contributed by atoms with E-state index in [2.05, 4.69) is 25.5 Å². The molecule has 0 saturated carbocycles. The number of fused-ring (bicyclic) bond motifs is 1. The molecule has 0 amide bonds. The molecule has 0 radical (unpaired) electrons. The van der Waals surface area contributed by atoms with Crippen molar-refractivity contribution >= 4 is 27.1 Å². The van der Waals surface area contributed by atoms with Crippen LogP contribution < -0.4 is 10.3 Å². The molecule has 9 nitrogen and oxygen atoms in total. The molecule has 0 saturated heterocycles. The van der Waals surface area contributed by atoms with Gasteiger partial charge in [-0.05, 0) is 77.6 Å². The summed E-state index contributed by atoms with van der Waals surface area (Å²) in [6.45, 7) is 7.92. The summed E-state index contributed by atoms with van der Waals surface area (Å²) in [6.07, 6.45) is -0.818. The van der Waals surface area contributed by atoms with Crippen LogP contribution >= 0.6 is 0 Å². The highest BCUT2D eigenvalue weighted by atomic mass is 32.2. The summed E-state index contributed by atoms with van der Waals surface area (Å²) in [4.78, 5) is 30.5. The van der Waals surface area contributed by atoms with Crippen LogP contribution in [0.25, 0.3) is 27.7 Å². The van der Waals surface area contributed by atoms with E-state index in [0.29, 0.717) is 22.3 Å². The maximum absolute atomic E-state index is 14.0. The lowest BCUT2D eigenvalue weighted by Crippen LogP contribution is -2.35. The van der Waals surface area contributed by atoms with Crippen LogP contribution in [0.2, 0.25) is 0 Å². The maximum Gasteiger partial charge on any atom is 0.513 e. The number of aromatic nitrogens is 2. The Bertz CT molecular complexity index is 2030. The quantitative estimate of drug-likeness (QED) is 0.143. The maximum atomic E-state index is 14.0. The first kappa shape index (κ1) is 31.6. The van der Waals surface area contributed by atoms with Crippen LogP contribution in [0.15, 0.2) is 107 Å². The monoisotopic (exact) mass is 625 g/mol. The largest absolute Gasteiger partial charge is 0.513 e. The summed E-state index contributed by atoms with van der Waals surface area (Å²) in [5.74, 6) is 0.601. The minimum atomic E-state index is -3.94. The zero-order valence-corrected chi connectivity index (χ0v) is 26.8. The van der Waals surface area contributed by atoms with E-state index in [-0.39, 0.29) is 21.7 Å². The molecule has 1 aromatic heterocycles. The van der Waals surface area contributed by atoms with Crippen molar-refractivity contribution in [1.82, 2.24) is 13.9 Å². The number of nitrogens with zero attached hydrogens (tertiary/aromatic N) is 3. The number of sulfonamides is 1. The zero-order chi connectivity index (χ0) is 32.5. The van der Waals surface area contributed by atoms with Gasteiger partial charge in [-0.1, -0.05) is 69.3 Å². The Kier molecular flexibility index (Phi) is 8.64. The van der Waals surface area contributed by atoms with Crippen molar-refractivity contribution in [2.24, 2.45) is 0 Å². The highest BCUT2D eigenvalue weighted by Crippen LogP contribution is 2.30. The summed E-state index contributed by atoms with van der Waals surface area (Å²) in [5, 5.41) is 0.411. The molecule has 1 unspecified atom stereocenters. The molecule has 0 aliphatic rings. The van der Waals surface area contributed by atoms with Gasteiger partial charge in [-0.2, -0.15) is 4.31 Å². The molecule has 45 heavy (non-hydrogen) atoms. The molecule has 0 spiro atoms. The molecule has 5 rings (SSSR count). The normalized spacial score (nSPS) is 12.7. The molecule has 0 N–H and O–H groups in total. The van der Waals surface area contributed by atoms with E-state index in [9.17, 15) is 18.0 Å². The molecular weight excluding hydrogens is 590 g/mol. The van der Waals surface area contributed by atoms with E-state index < -0.39 is 22.2 Å². The van der Waals surface area contributed by atoms with Crippen molar-refractivity contribution in [1.29, 1.82) is 0 Å². The van der Waals surface area contributed by atoms with Crippen molar-refractivity contribution in [2.75, 3.05) is 14.2 Å². The summed E-state index contributed by atoms with van der Waals surface area (Å²) >= 11 is 0. The average molecular weight is 626 g/mol. The molecule has 5 aromatic rings. The van der Waals surface area contributed by atoms with Gasteiger partial charge >= 0.3 is 6.16 Å². The van der Waals surface area contributed by atoms with Gasteiger partial charge in [0.25, 0.3) is 5.56 Å². The standard InChI is InChI=1S/C35H35N3O6S/c1-23(37(5)45(41,42)29-20-16-26(17-21-29)35(2,3)4)32-36-31-13-8-7-12-30(31)33(39)38(32)27-18-14-24(15-19-27)25-10-9-11-28(22-25)44-34(40)43-6/h7-23H,1-6H3. The van der Waals surface area contributed by atoms with Gasteiger partial charge in [0, 0.05) is 7.05 Å². The molecule has 232 valence electrons. The molecule has 1 atom stereocenters. The number of rotatable bonds is 7. The third-order valence-electron chi connectivity index (χ3n) is 7.78. The SMILES string of the molecule is COC(=O)Oc1cccc(-c2ccc(-n3c(C(C)N(C)S(=O)(=O)c4ccc(C(C)(C)C)cc4)nc4ccccc4c3=O)cc2)c1. The molecule has 0 aliphatic carbocycles. The van der Waals surface area contributed by atoms with E-state index in [1.165, 1.54) is 23.0 Å². The molecule has 4 aromatic carbocycles. The van der Waals surface area contributed by atoms with Crippen molar-refractivity contribution in [3.05, 3.63) is 119 Å². The van der Waals surface area contributed by atoms with Gasteiger partial charge in [0.1, 0.15) is 11.6 Å². The predicted molar refractivity (Wildman–Crippen MR) is 174 cm³/mol. The van der Waals surface area contributed by atoms with Gasteiger partial charge in [-0.15, -0.1) is 0 Å². The lowest BCUT2D eigenvalue weighted by atomic mass is 9.87. The highest BCUT2D eigenvalue weighted by Gasteiger charge is 2.30. The molecule has 0 aliphatic heterocycles. The first-order valence-electron chi connectivity index (χ1n) is 14.4. The third-order valence-corrected chi connectivity index (χ3v) is 9.72. The number of ether oxygens (including phenoxy) is 2. The second-order valence-corrected chi connectivity index (χ2v) is 13.7. The fourth-order valence-corrected chi connectivity index (χ4v) is 6.35. The predicted octanol–water partition coefficient (Wildman–Crippen LogP) is 6.88. The van der Waals surface area contributed by atoms with E-state index in [4.69, 9.17) is 9.72 Å². The van der Waals surface area contributed by atoms with Crippen molar-refractivity contribution in [2.45, 2.75) is 44.0 Å². The fourth-order valence-electron chi connectivity index (χ4n) is 5.02. The Morgan fingerprint density at radius 3 is 2.20 bits per heavy atom. The molecule has 0 bridgehead atoms. The number of hydrogen-bond donors (Lipinski definition) is 0. The van der Waals surface area contributed by atoms with Gasteiger partial charge in [-0.3, -0.25) is 9.36 Å². The number of hydrogen-bond acceptors (Lipinski definition) is 7. The smallest absolute Gasteiger partial charge is 0.437 e. The Morgan fingerprint density at radius 2 is 1.56 bits per heavy atom. The Morgan fingerprint density at radius 1 is 0.889 bits per heavy atom. The van der Waals surface area contributed by atoms with Gasteiger partial charge in [0.15, 0.2) is 0 Å². The summed E-state index contributed by atoms with van der Waals surface area (Å²) in [6, 6.07) is 27.3. The van der Waals surface area contributed by atoms with Crippen molar-refractivity contribution < 1.29 is 22.7 Å². The van der Waals surface area contributed by atoms with Crippen LogP contribution in [0, 0.1) is 0 Å². The second kappa shape index (κ2) is 12.3. The van der Waals surface area contributed by atoms with Crippen LogP contribution in [0.4, 0.5) is 4.79 Å². The van der Waals surface area contributed by atoms with Crippen molar-refractivity contribution in [3.8, 4) is 22.6 Å². The van der Waals surface area contributed by atoms with Crippen LogP contribution in [-0.4, -0.2) is 42.6 Å². The summed E-state index contributed by atoms with van der Waals surface area (Å²) in [5.41, 5.74) is 3.16. The molecule has 0 fully saturated rings. The third kappa shape index (κ3) is 6.38. The van der Waals surface area contributed by atoms with Crippen LogP contribution in [0.1, 0.15) is 45.1 Å². The van der Waals surface area contributed by atoms with Crippen LogP contribution in [0.3, 0.4) is 0 Å². The first-order valence-corrected chi connectivity index (χ1v) is 15.8. The van der Waals surface area contributed by atoms with E-state index >= 15 is 0 Å². The minimum Gasteiger partial charge on any atom is -0.437 e. The summed E-state index contributed by atoms with van der Waals surface area (Å²) in [7, 11) is -1.21. The van der Waals surface area contributed by atoms with Crippen molar-refractivity contribution in [3.63, 3.8) is 0 Å². The second-order valence-electron chi connectivity index (χ2n) is 11.7. The summed E-state index contributed by atoms with van der Waals surface area (Å²) < 4.78 is 40.0. The van der Waals surface area contributed by atoms with E-state index in [0.717, 1.165) is 16.7 Å². The topological polar surface area (TPSA) is 108 Å². The van der Waals surface area contributed by atoms with Gasteiger partial charge in [0.05, 0.1) is 34.6 Å². The van der Waals surface area contributed by atoms with Crippen LogP contribution in [-0.2, 0) is 20.2 Å². The number of para-hydroxylation sites is 1. The molecule has 1 heterocycles. The Balaban J connectivity index is 1.56. The molecule has 10 heteroatoms. The number of carbonyl (C=O) groups is 1. The average Bonchev–Trinajstić information content (AvgIpc) is 3.04. The minimum absolute atomic E-state index is 0.123. The molecular formula is C35H35N3O6S. The highest BCUT2D eigenvalue weighted by molar-refractivity contribution is 7.89. The lowest BCUT2D eigenvalue weighted by Gasteiger charge is -2.27. The Labute approximate surface area is 262 Å². The number of methoxy groups -OCH3 is 1. The zero-order valence-electron chi connectivity index (χ0n) is 26.0.